The molecule has 1 atom stereocenters. The van der Waals surface area contributed by atoms with Crippen molar-refractivity contribution in [3.63, 3.8) is 0 Å². The van der Waals surface area contributed by atoms with Crippen LogP contribution in [0.5, 0.6) is 23.0 Å². The Bertz CT molecular complexity index is 1280. The number of Topliss-reactive ketones (excluding diaryl/α,β-unsaturated/α-hetero) is 1. The minimum Gasteiger partial charge on any atom is -0.493 e. The van der Waals surface area contributed by atoms with Crippen molar-refractivity contribution in [1.82, 2.24) is 4.90 Å². The molecule has 1 saturated heterocycles. The van der Waals surface area contributed by atoms with E-state index in [1.54, 1.807) is 32.4 Å². The fourth-order valence-electron chi connectivity index (χ4n) is 4.73. The standard InChI is InChI=1S/C24H25NO7S/c1-14-22-16(11-25(13-31-22)17-7-8-33(27,28)12-17)9-18-21(26)20(32-23(14)18)10-15-5-4-6-19(29-2)24(15)30-3/h4-6,9-10,17H,7-8,11-13H2,1-3H3/b20-10-. The predicted octanol–water partition coefficient (Wildman–Crippen LogP) is 2.97. The van der Waals surface area contributed by atoms with E-state index in [9.17, 15) is 13.2 Å². The summed E-state index contributed by atoms with van der Waals surface area (Å²) in [6.45, 7) is 2.71. The van der Waals surface area contributed by atoms with Crippen molar-refractivity contribution in [2.75, 3.05) is 32.5 Å². The van der Waals surface area contributed by atoms with E-state index in [0.29, 0.717) is 53.8 Å². The Labute approximate surface area is 192 Å². The molecule has 1 unspecified atom stereocenters. The van der Waals surface area contributed by atoms with Gasteiger partial charge in [-0.1, -0.05) is 12.1 Å². The number of benzene rings is 2. The van der Waals surface area contributed by atoms with Crippen molar-refractivity contribution in [2.24, 2.45) is 0 Å². The van der Waals surface area contributed by atoms with Gasteiger partial charge < -0.3 is 18.9 Å². The molecular formula is C24H25NO7S. The number of rotatable bonds is 4. The van der Waals surface area contributed by atoms with Crippen LogP contribution in [0.3, 0.4) is 0 Å². The van der Waals surface area contributed by atoms with Gasteiger partial charge in [-0.15, -0.1) is 0 Å². The van der Waals surface area contributed by atoms with Crippen LogP contribution in [0.25, 0.3) is 6.08 Å². The Morgan fingerprint density at radius 3 is 2.70 bits per heavy atom. The predicted molar refractivity (Wildman–Crippen MR) is 122 cm³/mol. The van der Waals surface area contributed by atoms with E-state index in [2.05, 4.69) is 0 Å². The Kier molecular flexibility index (Phi) is 5.33. The molecule has 0 saturated carbocycles. The van der Waals surface area contributed by atoms with E-state index in [-0.39, 0.29) is 29.1 Å². The summed E-state index contributed by atoms with van der Waals surface area (Å²) in [5.41, 5.74) is 2.76. The van der Waals surface area contributed by atoms with E-state index >= 15 is 0 Å². The van der Waals surface area contributed by atoms with Crippen molar-refractivity contribution >= 4 is 21.7 Å². The second kappa shape index (κ2) is 8.07. The largest absolute Gasteiger partial charge is 0.493 e. The molecule has 3 aliphatic rings. The number of ether oxygens (including phenoxy) is 4. The first kappa shape index (κ1) is 21.8. The molecule has 174 valence electrons. The van der Waals surface area contributed by atoms with E-state index in [4.69, 9.17) is 18.9 Å². The summed E-state index contributed by atoms with van der Waals surface area (Å²) in [5.74, 6) is 2.58. The Balaban J connectivity index is 1.46. The van der Waals surface area contributed by atoms with Gasteiger partial charge >= 0.3 is 0 Å². The van der Waals surface area contributed by atoms with Crippen LogP contribution in [0.4, 0.5) is 0 Å². The molecule has 9 heteroatoms. The normalized spacial score (nSPS) is 22.5. The number of nitrogens with zero attached hydrogens (tertiary/aromatic N) is 1. The van der Waals surface area contributed by atoms with Gasteiger partial charge in [0, 0.05) is 29.3 Å². The molecule has 2 aromatic carbocycles. The van der Waals surface area contributed by atoms with Crippen molar-refractivity contribution in [3.8, 4) is 23.0 Å². The minimum absolute atomic E-state index is 0.0698. The molecule has 5 rings (SSSR count). The first-order valence-corrected chi connectivity index (χ1v) is 12.5. The van der Waals surface area contributed by atoms with Gasteiger partial charge in [0.1, 0.15) is 18.2 Å². The lowest BCUT2D eigenvalue weighted by molar-refractivity contribution is 0.0637. The Morgan fingerprint density at radius 1 is 1.18 bits per heavy atom. The molecule has 0 spiro atoms. The number of hydrogen-bond donors (Lipinski definition) is 0. The number of sulfone groups is 1. The summed E-state index contributed by atoms with van der Waals surface area (Å²) in [6, 6.07) is 7.15. The molecular weight excluding hydrogens is 446 g/mol. The number of carbonyl (C=O) groups is 1. The zero-order chi connectivity index (χ0) is 23.3. The maximum absolute atomic E-state index is 13.2. The quantitative estimate of drug-likeness (QED) is 0.629. The fraction of sp³-hybridized carbons (Fsp3) is 0.375. The molecule has 0 aliphatic carbocycles. The minimum atomic E-state index is -2.99. The van der Waals surface area contributed by atoms with Crippen LogP contribution in [0.15, 0.2) is 30.0 Å². The van der Waals surface area contributed by atoms with Crippen molar-refractivity contribution in [1.29, 1.82) is 0 Å². The van der Waals surface area contributed by atoms with E-state index < -0.39 is 9.84 Å². The van der Waals surface area contributed by atoms with Crippen molar-refractivity contribution in [2.45, 2.75) is 25.9 Å². The second-order valence-corrected chi connectivity index (χ2v) is 10.7. The number of para-hydroxylation sites is 1. The van der Waals surface area contributed by atoms with Gasteiger partial charge in [0.2, 0.25) is 5.78 Å². The molecule has 8 nitrogen and oxygen atoms in total. The van der Waals surface area contributed by atoms with Gasteiger partial charge in [0.05, 0.1) is 31.3 Å². The highest BCUT2D eigenvalue weighted by Gasteiger charge is 2.37. The molecule has 0 amide bonds. The summed E-state index contributed by atoms with van der Waals surface area (Å²) >= 11 is 0. The lowest BCUT2D eigenvalue weighted by Crippen LogP contribution is -2.41. The topological polar surface area (TPSA) is 91.4 Å². The third-order valence-corrected chi connectivity index (χ3v) is 8.16. The number of methoxy groups -OCH3 is 2. The van der Waals surface area contributed by atoms with Gasteiger partial charge in [-0.2, -0.15) is 0 Å². The first-order valence-electron chi connectivity index (χ1n) is 10.7. The lowest BCUT2D eigenvalue weighted by Gasteiger charge is -2.33. The SMILES string of the molecule is COc1cccc(/C=C2\Oc3c(cc4c(c3C)OCN(C3CCS(=O)(=O)C3)C4)C2=O)c1OC. The second-order valence-electron chi connectivity index (χ2n) is 8.47. The molecule has 33 heavy (non-hydrogen) atoms. The summed E-state index contributed by atoms with van der Waals surface area (Å²) < 4.78 is 46.6. The smallest absolute Gasteiger partial charge is 0.231 e. The van der Waals surface area contributed by atoms with E-state index in [1.807, 2.05) is 24.0 Å². The van der Waals surface area contributed by atoms with Crippen molar-refractivity contribution in [3.05, 3.63) is 52.3 Å². The third kappa shape index (κ3) is 3.75. The zero-order valence-corrected chi connectivity index (χ0v) is 19.5. The zero-order valence-electron chi connectivity index (χ0n) is 18.7. The van der Waals surface area contributed by atoms with Gasteiger partial charge in [-0.05, 0) is 31.6 Å². The van der Waals surface area contributed by atoms with Gasteiger partial charge in [-0.3, -0.25) is 9.69 Å². The van der Waals surface area contributed by atoms with Crippen LogP contribution < -0.4 is 18.9 Å². The average Bonchev–Trinajstić information content (AvgIpc) is 3.33. The highest BCUT2D eigenvalue weighted by atomic mass is 32.2. The van der Waals surface area contributed by atoms with Gasteiger partial charge in [-0.25, -0.2) is 8.42 Å². The maximum atomic E-state index is 13.2. The summed E-state index contributed by atoms with van der Waals surface area (Å²) in [4.78, 5) is 15.2. The molecule has 0 bridgehead atoms. The monoisotopic (exact) mass is 471 g/mol. The molecule has 0 radical (unpaired) electrons. The highest BCUT2D eigenvalue weighted by molar-refractivity contribution is 7.91. The number of carbonyl (C=O) groups excluding carboxylic acids is 1. The van der Waals surface area contributed by atoms with Crippen LogP contribution >= 0.6 is 0 Å². The van der Waals surface area contributed by atoms with Crippen LogP contribution in [-0.2, 0) is 16.4 Å². The highest BCUT2D eigenvalue weighted by Crippen LogP contribution is 2.44. The molecule has 3 heterocycles. The molecule has 1 fully saturated rings. The summed E-state index contributed by atoms with van der Waals surface area (Å²) in [6.07, 6.45) is 2.25. The van der Waals surface area contributed by atoms with Crippen LogP contribution in [-0.4, -0.2) is 57.6 Å². The van der Waals surface area contributed by atoms with E-state index in [0.717, 1.165) is 11.1 Å². The molecule has 2 aromatic rings. The Morgan fingerprint density at radius 2 is 2.00 bits per heavy atom. The Hall–Kier alpha value is -3.04. The number of allylic oxidation sites excluding steroid dienone is 1. The van der Waals surface area contributed by atoms with Crippen LogP contribution in [0.1, 0.15) is 33.5 Å². The average molecular weight is 472 g/mol. The first-order chi connectivity index (χ1) is 15.8. The molecule has 3 aliphatic heterocycles. The molecule has 0 N–H and O–H groups in total. The molecule has 0 aromatic heterocycles. The summed E-state index contributed by atoms with van der Waals surface area (Å²) in [5, 5.41) is 0. The number of fused-ring (bicyclic) bond motifs is 2. The van der Waals surface area contributed by atoms with Crippen LogP contribution in [0, 0.1) is 6.92 Å². The number of hydrogen-bond acceptors (Lipinski definition) is 8. The van der Waals surface area contributed by atoms with E-state index in [1.165, 1.54) is 0 Å². The van der Waals surface area contributed by atoms with Gasteiger partial charge in [0.25, 0.3) is 0 Å². The van der Waals surface area contributed by atoms with Gasteiger partial charge in [0.15, 0.2) is 27.1 Å². The fourth-order valence-corrected chi connectivity index (χ4v) is 6.49. The van der Waals surface area contributed by atoms with Crippen LogP contribution in [0.2, 0.25) is 0 Å². The van der Waals surface area contributed by atoms with Crippen molar-refractivity contribution < 1.29 is 32.2 Å². The number of ketones is 1. The summed E-state index contributed by atoms with van der Waals surface area (Å²) in [7, 11) is 0.105. The third-order valence-electron chi connectivity index (χ3n) is 6.41. The maximum Gasteiger partial charge on any atom is 0.231 e. The lowest BCUT2D eigenvalue weighted by atomic mass is 9.99.